The van der Waals surface area contributed by atoms with Crippen molar-refractivity contribution in [2.24, 2.45) is 0 Å². The third kappa shape index (κ3) is 3.44. The second kappa shape index (κ2) is 6.73. The Morgan fingerprint density at radius 3 is 2.47 bits per heavy atom. The molecule has 0 aromatic heterocycles. The molecule has 1 atom stereocenters. The lowest BCUT2D eigenvalue weighted by molar-refractivity contribution is -0.148. The van der Waals surface area contributed by atoms with E-state index in [-0.39, 0.29) is 18.7 Å². The fourth-order valence-electron chi connectivity index (χ4n) is 1.95. The van der Waals surface area contributed by atoms with Gasteiger partial charge in [0.15, 0.2) is 5.54 Å². The van der Waals surface area contributed by atoms with Crippen LogP contribution >= 0.6 is 0 Å². The number of hydrogen-bond donors (Lipinski definition) is 2. The molecule has 1 amide bonds. The molecule has 0 spiro atoms. The van der Waals surface area contributed by atoms with E-state index in [4.69, 9.17) is 0 Å². The molecule has 1 aromatic rings. The number of carboxylic acid groups (broad SMARTS) is 1. The van der Waals surface area contributed by atoms with Crippen LogP contribution in [0.5, 0.6) is 0 Å². The molecule has 0 saturated carbocycles. The standard InChI is InChI=1S/C15H19NO3/c1-3-5-11-13(17)16-15(4-2,14(18)19)12-9-7-6-8-10-12/h3,6-10H,1,4-5,11H2,2H3,(H,16,17)(H,18,19). The fourth-order valence-corrected chi connectivity index (χ4v) is 1.95. The van der Waals surface area contributed by atoms with Gasteiger partial charge in [0.05, 0.1) is 0 Å². The monoisotopic (exact) mass is 261 g/mol. The lowest BCUT2D eigenvalue weighted by Gasteiger charge is -2.30. The number of carbonyl (C=O) groups is 2. The largest absolute Gasteiger partial charge is 0.479 e. The summed E-state index contributed by atoms with van der Waals surface area (Å²) >= 11 is 0. The van der Waals surface area contributed by atoms with Crippen LogP contribution in [-0.2, 0) is 15.1 Å². The molecule has 19 heavy (non-hydrogen) atoms. The summed E-state index contributed by atoms with van der Waals surface area (Å²) in [5, 5.41) is 12.2. The maximum atomic E-state index is 11.8. The Morgan fingerprint density at radius 2 is 2.00 bits per heavy atom. The van der Waals surface area contributed by atoms with Crippen molar-refractivity contribution in [2.45, 2.75) is 31.7 Å². The van der Waals surface area contributed by atoms with Gasteiger partial charge in [-0.05, 0) is 18.4 Å². The molecule has 1 aromatic carbocycles. The van der Waals surface area contributed by atoms with E-state index in [0.29, 0.717) is 12.0 Å². The van der Waals surface area contributed by atoms with E-state index in [1.54, 1.807) is 37.3 Å². The highest BCUT2D eigenvalue weighted by molar-refractivity contribution is 5.88. The Balaban J connectivity index is 3.04. The highest BCUT2D eigenvalue weighted by atomic mass is 16.4. The topological polar surface area (TPSA) is 66.4 Å². The molecule has 1 rings (SSSR count). The Morgan fingerprint density at radius 1 is 1.37 bits per heavy atom. The van der Waals surface area contributed by atoms with Gasteiger partial charge in [-0.25, -0.2) is 4.79 Å². The number of rotatable bonds is 7. The fraction of sp³-hybridized carbons (Fsp3) is 0.333. The van der Waals surface area contributed by atoms with Gasteiger partial charge < -0.3 is 10.4 Å². The van der Waals surface area contributed by atoms with Crippen LogP contribution in [0.4, 0.5) is 0 Å². The Hall–Kier alpha value is -2.10. The molecular formula is C15H19NO3. The first-order chi connectivity index (χ1) is 9.06. The number of allylic oxidation sites excluding steroid dienone is 1. The number of aliphatic carboxylic acids is 1. The van der Waals surface area contributed by atoms with Gasteiger partial charge in [-0.3, -0.25) is 4.79 Å². The summed E-state index contributed by atoms with van der Waals surface area (Å²) in [7, 11) is 0. The van der Waals surface area contributed by atoms with Gasteiger partial charge in [0, 0.05) is 6.42 Å². The number of nitrogens with one attached hydrogen (secondary N) is 1. The Kier molecular flexibility index (Phi) is 5.30. The molecule has 0 aliphatic rings. The lowest BCUT2D eigenvalue weighted by atomic mass is 9.87. The van der Waals surface area contributed by atoms with Crippen molar-refractivity contribution < 1.29 is 14.7 Å². The molecule has 2 N–H and O–H groups in total. The van der Waals surface area contributed by atoms with Crippen molar-refractivity contribution in [2.75, 3.05) is 0 Å². The predicted octanol–water partition coefficient (Wildman–Crippen LogP) is 2.46. The summed E-state index contributed by atoms with van der Waals surface area (Å²) in [6.45, 7) is 5.29. The van der Waals surface area contributed by atoms with Gasteiger partial charge in [0.1, 0.15) is 0 Å². The molecule has 0 bridgehead atoms. The first kappa shape index (κ1) is 15.0. The third-order valence-electron chi connectivity index (χ3n) is 3.09. The van der Waals surface area contributed by atoms with E-state index in [9.17, 15) is 14.7 Å². The third-order valence-corrected chi connectivity index (χ3v) is 3.09. The zero-order valence-corrected chi connectivity index (χ0v) is 11.1. The number of benzene rings is 1. The Labute approximate surface area is 113 Å². The first-order valence-corrected chi connectivity index (χ1v) is 6.27. The molecule has 4 nitrogen and oxygen atoms in total. The van der Waals surface area contributed by atoms with E-state index in [1.165, 1.54) is 0 Å². The summed E-state index contributed by atoms with van der Waals surface area (Å²) in [5.41, 5.74) is -0.781. The molecule has 0 saturated heterocycles. The minimum Gasteiger partial charge on any atom is -0.479 e. The minimum absolute atomic E-state index is 0.241. The average molecular weight is 261 g/mol. The van der Waals surface area contributed by atoms with Gasteiger partial charge in [-0.1, -0.05) is 43.3 Å². The average Bonchev–Trinajstić information content (AvgIpc) is 2.43. The van der Waals surface area contributed by atoms with Crippen molar-refractivity contribution >= 4 is 11.9 Å². The van der Waals surface area contributed by atoms with Crippen molar-refractivity contribution in [3.05, 3.63) is 48.6 Å². The quantitative estimate of drug-likeness (QED) is 0.741. The predicted molar refractivity (Wildman–Crippen MR) is 73.6 cm³/mol. The first-order valence-electron chi connectivity index (χ1n) is 6.27. The molecule has 4 heteroatoms. The molecule has 0 heterocycles. The van der Waals surface area contributed by atoms with Crippen molar-refractivity contribution in [1.29, 1.82) is 0 Å². The van der Waals surface area contributed by atoms with Gasteiger partial charge in [-0.15, -0.1) is 6.58 Å². The number of amides is 1. The van der Waals surface area contributed by atoms with Crippen LogP contribution in [0.1, 0.15) is 31.7 Å². The highest BCUT2D eigenvalue weighted by Gasteiger charge is 2.39. The second-order valence-electron chi connectivity index (χ2n) is 4.31. The number of carbonyl (C=O) groups excluding carboxylic acids is 1. The van der Waals surface area contributed by atoms with Crippen LogP contribution in [0.15, 0.2) is 43.0 Å². The minimum atomic E-state index is -1.36. The van der Waals surface area contributed by atoms with E-state index in [1.807, 2.05) is 6.07 Å². The summed E-state index contributed by atoms with van der Waals surface area (Å²) in [5.74, 6) is -1.33. The molecular weight excluding hydrogens is 242 g/mol. The van der Waals surface area contributed by atoms with E-state index in [0.717, 1.165) is 0 Å². The van der Waals surface area contributed by atoms with Crippen LogP contribution in [0.2, 0.25) is 0 Å². The molecule has 0 fully saturated rings. The van der Waals surface area contributed by atoms with Crippen LogP contribution < -0.4 is 5.32 Å². The normalized spacial score (nSPS) is 13.3. The second-order valence-corrected chi connectivity index (χ2v) is 4.31. The number of carboxylic acids is 1. The lowest BCUT2D eigenvalue weighted by Crippen LogP contribution is -2.51. The number of hydrogen-bond acceptors (Lipinski definition) is 2. The van der Waals surface area contributed by atoms with Gasteiger partial charge in [-0.2, -0.15) is 0 Å². The van der Waals surface area contributed by atoms with E-state index >= 15 is 0 Å². The van der Waals surface area contributed by atoms with Crippen molar-refractivity contribution in [3.63, 3.8) is 0 Å². The SMILES string of the molecule is C=CCCC(=O)NC(CC)(C(=O)O)c1ccccc1. The van der Waals surface area contributed by atoms with Crippen molar-refractivity contribution in [3.8, 4) is 0 Å². The summed E-state index contributed by atoms with van der Waals surface area (Å²) in [4.78, 5) is 23.5. The van der Waals surface area contributed by atoms with Crippen LogP contribution in [-0.4, -0.2) is 17.0 Å². The smallest absolute Gasteiger partial charge is 0.334 e. The van der Waals surface area contributed by atoms with Gasteiger partial charge >= 0.3 is 5.97 Å². The molecule has 0 aliphatic carbocycles. The molecule has 0 aliphatic heterocycles. The zero-order chi connectivity index (χ0) is 14.3. The van der Waals surface area contributed by atoms with Crippen LogP contribution in [0, 0.1) is 0 Å². The molecule has 1 unspecified atom stereocenters. The maximum Gasteiger partial charge on any atom is 0.334 e. The molecule has 0 radical (unpaired) electrons. The van der Waals surface area contributed by atoms with Gasteiger partial charge in [0.2, 0.25) is 5.91 Å². The maximum absolute atomic E-state index is 11.8. The summed E-state index contributed by atoms with van der Waals surface area (Å²) in [6, 6.07) is 8.76. The van der Waals surface area contributed by atoms with Crippen molar-refractivity contribution in [1.82, 2.24) is 5.32 Å². The van der Waals surface area contributed by atoms with Gasteiger partial charge in [0.25, 0.3) is 0 Å². The van der Waals surface area contributed by atoms with E-state index in [2.05, 4.69) is 11.9 Å². The summed E-state index contributed by atoms with van der Waals surface area (Å²) < 4.78 is 0. The summed E-state index contributed by atoms with van der Waals surface area (Å²) in [6.07, 6.45) is 2.69. The van der Waals surface area contributed by atoms with Crippen LogP contribution in [0.3, 0.4) is 0 Å². The molecule has 102 valence electrons. The van der Waals surface area contributed by atoms with E-state index < -0.39 is 11.5 Å². The van der Waals surface area contributed by atoms with Crippen LogP contribution in [0.25, 0.3) is 0 Å². The highest BCUT2D eigenvalue weighted by Crippen LogP contribution is 2.25. The zero-order valence-electron chi connectivity index (χ0n) is 11.1. The Bertz CT molecular complexity index is 456.